The lowest BCUT2D eigenvalue weighted by atomic mass is 10.1. The Morgan fingerprint density at radius 2 is 2.15 bits per heavy atom. The Kier molecular flexibility index (Phi) is 2.92. The number of fused-ring (bicyclic) bond motifs is 1. The fraction of sp³-hybridized carbons (Fsp3) is 0.200. The van der Waals surface area contributed by atoms with E-state index in [1.807, 2.05) is 36.7 Å². The second kappa shape index (κ2) is 4.74. The van der Waals surface area contributed by atoms with E-state index in [9.17, 15) is 0 Å². The van der Waals surface area contributed by atoms with Gasteiger partial charge in [0, 0.05) is 12.6 Å². The zero-order chi connectivity index (χ0) is 14.1. The summed E-state index contributed by atoms with van der Waals surface area (Å²) >= 11 is 0. The summed E-state index contributed by atoms with van der Waals surface area (Å²) in [5, 5.41) is 9.00. The SMILES string of the molecule is CCc1ncnc2c1nc(-c1cccc(C#N)c1)n2C. The van der Waals surface area contributed by atoms with Crippen molar-refractivity contribution in [3.8, 4) is 17.5 Å². The Bertz CT molecular complexity index is 826. The van der Waals surface area contributed by atoms with Gasteiger partial charge in [-0.15, -0.1) is 0 Å². The molecule has 3 aromatic rings. The second-order valence-electron chi connectivity index (χ2n) is 4.53. The Morgan fingerprint density at radius 3 is 2.90 bits per heavy atom. The molecule has 98 valence electrons. The van der Waals surface area contributed by atoms with Crippen molar-refractivity contribution in [2.75, 3.05) is 0 Å². The van der Waals surface area contributed by atoms with Gasteiger partial charge >= 0.3 is 0 Å². The van der Waals surface area contributed by atoms with E-state index in [-0.39, 0.29) is 0 Å². The lowest BCUT2D eigenvalue weighted by Crippen LogP contribution is -1.95. The molecule has 5 heteroatoms. The summed E-state index contributed by atoms with van der Waals surface area (Å²) in [5.41, 5.74) is 4.11. The van der Waals surface area contributed by atoms with Crippen LogP contribution in [0, 0.1) is 11.3 Å². The van der Waals surface area contributed by atoms with Crippen molar-refractivity contribution < 1.29 is 0 Å². The second-order valence-corrected chi connectivity index (χ2v) is 4.53. The maximum atomic E-state index is 9.00. The molecule has 0 aliphatic rings. The highest BCUT2D eigenvalue weighted by atomic mass is 15.1. The van der Waals surface area contributed by atoms with Crippen molar-refractivity contribution in [2.24, 2.45) is 7.05 Å². The van der Waals surface area contributed by atoms with E-state index in [2.05, 4.69) is 21.0 Å². The summed E-state index contributed by atoms with van der Waals surface area (Å²) in [6, 6.07) is 9.57. The predicted molar refractivity (Wildman–Crippen MR) is 75.8 cm³/mol. The van der Waals surface area contributed by atoms with Gasteiger partial charge in [-0.25, -0.2) is 15.0 Å². The van der Waals surface area contributed by atoms with Crippen LogP contribution >= 0.6 is 0 Å². The first kappa shape index (κ1) is 12.3. The standard InChI is InChI=1S/C15H13N5/c1-3-12-13-15(18-9-17-12)20(2)14(19-13)11-6-4-5-10(7-11)8-16/h4-7,9H,3H2,1-2H3. The van der Waals surface area contributed by atoms with Gasteiger partial charge in [-0.1, -0.05) is 19.1 Å². The molecule has 0 saturated heterocycles. The minimum atomic E-state index is 0.622. The molecule has 0 unspecified atom stereocenters. The highest BCUT2D eigenvalue weighted by Gasteiger charge is 2.14. The van der Waals surface area contributed by atoms with Crippen LogP contribution in [0.25, 0.3) is 22.6 Å². The lowest BCUT2D eigenvalue weighted by Gasteiger charge is -2.01. The number of nitriles is 1. The molecule has 2 heterocycles. The van der Waals surface area contributed by atoms with E-state index < -0.39 is 0 Å². The Labute approximate surface area is 116 Å². The monoisotopic (exact) mass is 263 g/mol. The lowest BCUT2D eigenvalue weighted by molar-refractivity contribution is 0.934. The van der Waals surface area contributed by atoms with E-state index in [1.165, 1.54) is 0 Å². The zero-order valence-corrected chi connectivity index (χ0v) is 11.3. The summed E-state index contributed by atoms with van der Waals surface area (Å²) in [5.74, 6) is 0.798. The molecule has 0 aliphatic carbocycles. The maximum absolute atomic E-state index is 9.00. The first-order valence-electron chi connectivity index (χ1n) is 6.41. The van der Waals surface area contributed by atoms with Gasteiger partial charge in [0.15, 0.2) is 5.65 Å². The van der Waals surface area contributed by atoms with Crippen LogP contribution in [0.15, 0.2) is 30.6 Å². The number of hydrogen-bond donors (Lipinski definition) is 0. The molecule has 1 aromatic carbocycles. The predicted octanol–water partition coefficient (Wildman–Crippen LogP) is 2.46. The third-order valence-electron chi connectivity index (χ3n) is 3.32. The molecule has 0 N–H and O–H groups in total. The topological polar surface area (TPSA) is 67.4 Å². The van der Waals surface area contributed by atoms with Crippen LogP contribution in [0.1, 0.15) is 18.2 Å². The summed E-state index contributed by atoms with van der Waals surface area (Å²) in [6.07, 6.45) is 2.38. The van der Waals surface area contributed by atoms with Crippen molar-refractivity contribution >= 4 is 11.2 Å². The summed E-state index contributed by atoms with van der Waals surface area (Å²) in [7, 11) is 1.93. The number of aromatic nitrogens is 4. The number of imidazole rings is 1. The van der Waals surface area contributed by atoms with Crippen LogP contribution in [0.5, 0.6) is 0 Å². The van der Waals surface area contributed by atoms with Gasteiger partial charge in [0.1, 0.15) is 17.7 Å². The molecule has 0 spiro atoms. The Balaban J connectivity index is 2.27. The fourth-order valence-corrected chi connectivity index (χ4v) is 2.29. The molecule has 0 radical (unpaired) electrons. The van der Waals surface area contributed by atoms with Crippen molar-refractivity contribution in [1.82, 2.24) is 19.5 Å². The summed E-state index contributed by atoms with van der Waals surface area (Å²) < 4.78 is 1.94. The normalized spacial score (nSPS) is 10.7. The summed E-state index contributed by atoms with van der Waals surface area (Å²) in [4.78, 5) is 13.2. The van der Waals surface area contributed by atoms with Gasteiger partial charge in [0.2, 0.25) is 0 Å². The average Bonchev–Trinajstić information content (AvgIpc) is 2.84. The molecule has 0 fully saturated rings. The van der Waals surface area contributed by atoms with E-state index in [4.69, 9.17) is 5.26 Å². The molecule has 20 heavy (non-hydrogen) atoms. The Morgan fingerprint density at radius 1 is 1.30 bits per heavy atom. The van der Waals surface area contributed by atoms with Gasteiger partial charge < -0.3 is 4.57 Å². The third kappa shape index (κ3) is 1.82. The maximum Gasteiger partial charge on any atom is 0.163 e. The van der Waals surface area contributed by atoms with Gasteiger partial charge in [-0.2, -0.15) is 5.26 Å². The molecule has 0 saturated carbocycles. The van der Waals surface area contributed by atoms with Crippen LogP contribution in [0.4, 0.5) is 0 Å². The van der Waals surface area contributed by atoms with Crippen LogP contribution in [0.2, 0.25) is 0 Å². The number of hydrogen-bond acceptors (Lipinski definition) is 4. The van der Waals surface area contributed by atoms with Crippen molar-refractivity contribution in [1.29, 1.82) is 5.26 Å². The van der Waals surface area contributed by atoms with Crippen LogP contribution in [-0.2, 0) is 13.5 Å². The van der Waals surface area contributed by atoms with E-state index >= 15 is 0 Å². The highest BCUT2D eigenvalue weighted by molar-refractivity contribution is 5.79. The minimum Gasteiger partial charge on any atom is -0.312 e. The van der Waals surface area contributed by atoms with E-state index in [0.29, 0.717) is 5.56 Å². The molecule has 2 aromatic heterocycles. The molecule has 0 aliphatic heterocycles. The number of nitrogens with zero attached hydrogens (tertiary/aromatic N) is 5. The molecular formula is C15H13N5. The van der Waals surface area contributed by atoms with Crippen LogP contribution in [-0.4, -0.2) is 19.5 Å². The summed E-state index contributed by atoms with van der Waals surface area (Å²) in [6.45, 7) is 2.05. The van der Waals surface area contributed by atoms with Crippen molar-refractivity contribution in [3.05, 3.63) is 41.9 Å². The molecule has 0 atom stereocenters. The number of rotatable bonds is 2. The Hall–Kier alpha value is -2.74. The number of aryl methyl sites for hydroxylation is 2. The van der Waals surface area contributed by atoms with E-state index in [1.54, 1.807) is 12.4 Å². The largest absolute Gasteiger partial charge is 0.312 e. The van der Waals surface area contributed by atoms with E-state index in [0.717, 1.165) is 34.7 Å². The van der Waals surface area contributed by atoms with Crippen LogP contribution in [0.3, 0.4) is 0 Å². The van der Waals surface area contributed by atoms with Gasteiger partial charge in [0.25, 0.3) is 0 Å². The number of benzene rings is 1. The first-order chi connectivity index (χ1) is 9.74. The zero-order valence-electron chi connectivity index (χ0n) is 11.3. The van der Waals surface area contributed by atoms with Gasteiger partial charge in [-0.3, -0.25) is 0 Å². The van der Waals surface area contributed by atoms with Gasteiger partial charge in [0.05, 0.1) is 17.3 Å². The van der Waals surface area contributed by atoms with Gasteiger partial charge in [-0.05, 0) is 18.6 Å². The minimum absolute atomic E-state index is 0.622. The quantitative estimate of drug-likeness (QED) is 0.712. The average molecular weight is 263 g/mol. The highest BCUT2D eigenvalue weighted by Crippen LogP contribution is 2.24. The molecule has 5 nitrogen and oxygen atoms in total. The third-order valence-corrected chi connectivity index (χ3v) is 3.32. The molecular weight excluding hydrogens is 250 g/mol. The van der Waals surface area contributed by atoms with Crippen molar-refractivity contribution in [3.63, 3.8) is 0 Å². The first-order valence-corrected chi connectivity index (χ1v) is 6.41. The van der Waals surface area contributed by atoms with Crippen LogP contribution < -0.4 is 0 Å². The molecule has 0 bridgehead atoms. The fourth-order valence-electron chi connectivity index (χ4n) is 2.29. The molecule has 3 rings (SSSR count). The van der Waals surface area contributed by atoms with Crippen molar-refractivity contribution in [2.45, 2.75) is 13.3 Å². The smallest absolute Gasteiger partial charge is 0.163 e. The molecule has 0 amide bonds.